The molecule has 0 saturated heterocycles. The molecule has 1 heterocycles. The zero-order chi connectivity index (χ0) is 16.8. The van der Waals surface area contributed by atoms with Gasteiger partial charge in [-0.15, -0.1) is 0 Å². The van der Waals surface area contributed by atoms with Crippen molar-refractivity contribution in [3.8, 4) is 5.75 Å². The average Bonchev–Trinajstić information content (AvgIpc) is 2.89. The topological polar surface area (TPSA) is 99.3 Å². The molecule has 1 aromatic heterocycles. The first-order valence-electron chi connectivity index (χ1n) is 7.20. The third-order valence-electron chi connectivity index (χ3n) is 3.13. The Morgan fingerprint density at radius 1 is 1.39 bits per heavy atom. The molecule has 2 aromatic rings. The second kappa shape index (κ2) is 7.39. The van der Waals surface area contributed by atoms with E-state index in [4.69, 9.17) is 4.74 Å². The van der Waals surface area contributed by atoms with Crippen LogP contribution in [-0.2, 0) is 11.3 Å². The van der Waals surface area contributed by atoms with Crippen molar-refractivity contribution in [3.05, 3.63) is 46.3 Å². The predicted octanol–water partition coefficient (Wildman–Crippen LogP) is 2.53. The molecule has 0 fully saturated rings. The van der Waals surface area contributed by atoms with Crippen LogP contribution in [0.2, 0.25) is 0 Å². The SMILES string of the molecule is CCOc1ccc(NC(=O)CCn2cc([N+](=O)[O-])c(C)n2)cc1. The third-order valence-corrected chi connectivity index (χ3v) is 3.13. The van der Waals surface area contributed by atoms with Gasteiger partial charge in [-0.25, -0.2) is 0 Å². The van der Waals surface area contributed by atoms with Gasteiger partial charge in [-0.1, -0.05) is 0 Å². The minimum Gasteiger partial charge on any atom is -0.494 e. The zero-order valence-corrected chi connectivity index (χ0v) is 13.0. The first kappa shape index (κ1) is 16.5. The van der Waals surface area contributed by atoms with Crippen LogP contribution < -0.4 is 10.1 Å². The first-order valence-corrected chi connectivity index (χ1v) is 7.20. The summed E-state index contributed by atoms with van der Waals surface area (Å²) in [7, 11) is 0. The molecule has 0 atom stereocenters. The molecule has 2 rings (SSSR count). The van der Waals surface area contributed by atoms with Crippen LogP contribution in [0.1, 0.15) is 19.0 Å². The van der Waals surface area contributed by atoms with Crippen LogP contribution in [0.25, 0.3) is 0 Å². The Balaban J connectivity index is 1.87. The van der Waals surface area contributed by atoms with Gasteiger partial charge in [0.25, 0.3) is 0 Å². The number of hydrogen-bond acceptors (Lipinski definition) is 5. The average molecular weight is 318 g/mol. The summed E-state index contributed by atoms with van der Waals surface area (Å²) in [5.41, 5.74) is 0.958. The number of carbonyl (C=O) groups excluding carboxylic acids is 1. The van der Waals surface area contributed by atoms with E-state index < -0.39 is 4.92 Å². The molecule has 1 amide bonds. The van der Waals surface area contributed by atoms with Gasteiger partial charge in [-0.2, -0.15) is 5.10 Å². The van der Waals surface area contributed by atoms with Crippen LogP contribution in [0.3, 0.4) is 0 Å². The largest absolute Gasteiger partial charge is 0.494 e. The number of ether oxygens (including phenoxy) is 1. The lowest BCUT2D eigenvalue weighted by molar-refractivity contribution is -0.385. The molecular weight excluding hydrogens is 300 g/mol. The highest BCUT2D eigenvalue weighted by Crippen LogP contribution is 2.17. The Kier molecular flexibility index (Phi) is 5.29. The molecule has 8 nitrogen and oxygen atoms in total. The number of nitro groups is 1. The molecule has 1 N–H and O–H groups in total. The highest BCUT2D eigenvalue weighted by atomic mass is 16.6. The summed E-state index contributed by atoms with van der Waals surface area (Å²) in [6, 6.07) is 7.07. The van der Waals surface area contributed by atoms with Crippen molar-refractivity contribution in [1.82, 2.24) is 9.78 Å². The molecule has 0 aliphatic rings. The van der Waals surface area contributed by atoms with Gasteiger partial charge in [-0.05, 0) is 38.1 Å². The van der Waals surface area contributed by atoms with Crippen LogP contribution in [-0.4, -0.2) is 27.2 Å². The van der Waals surface area contributed by atoms with Crippen molar-refractivity contribution in [2.75, 3.05) is 11.9 Å². The van der Waals surface area contributed by atoms with Gasteiger partial charge in [-0.3, -0.25) is 19.6 Å². The number of aryl methyl sites for hydroxylation is 2. The minimum absolute atomic E-state index is 0.0445. The van der Waals surface area contributed by atoms with Crippen LogP contribution in [0, 0.1) is 17.0 Å². The van der Waals surface area contributed by atoms with E-state index in [0.717, 1.165) is 5.75 Å². The number of amides is 1. The van der Waals surface area contributed by atoms with Gasteiger partial charge >= 0.3 is 5.69 Å². The van der Waals surface area contributed by atoms with E-state index in [0.29, 0.717) is 18.0 Å². The number of nitrogens with one attached hydrogen (secondary N) is 1. The Labute approximate surface area is 133 Å². The molecule has 0 aliphatic heterocycles. The molecule has 0 radical (unpaired) electrons. The zero-order valence-electron chi connectivity index (χ0n) is 13.0. The Hall–Kier alpha value is -2.90. The van der Waals surface area contributed by atoms with Crippen molar-refractivity contribution in [2.45, 2.75) is 26.8 Å². The summed E-state index contributed by atoms with van der Waals surface area (Å²) >= 11 is 0. The fourth-order valence-electron chi connectivity index (χ4n) is 2.04. The Morgan fingerprint density at radius 3 is 2.65 bits per heavy atom. The molecule has 0 spiro atoms. The van der Waals surface area contributed by atoms with Crippen LogP contribution in [0.15, 0.2) is 30.5 Å². The standard InChI is InChI=1S/C15H18N4O4/c1-3-23-13-6-4-12(5-7-13)16-15(20)8-9-18-10-14(19(21)22)11(2)17-18/h4-7,10H,3,8-9H2,1-2H3,(H,16,20). The van der Waals surface area contributed by atoms with E-state index >= 15 is 0 Å². The maximum atomic E-state index is 11.9. The van der Waals surface area contributed by atoms with Gasteiger partial charge in [0.1, 0.15) is 17.6 Å². The highest BCUT2D eigenvalue weighted by Gasteiger charge is 2.15. The quantitative estimate of drug-likeness (QED) is 0.624. The summed E-state index contributed by atoms with van der Waals surface area (Å²) < 4.78 is 6.73. The van der Waals surface area contributed by atoms with E-state index in [9.17, 15) is 14.9 Å². The maximum Gasteiger partial charge on any atom is 0.309 e. The monoisotopic (exact) mass is 318 g/mol. The molecule has 122 valence electrons. The Bertz CT molecular complexity index is 694. The fourth-order valence-corrected chi connectivity index (χ4v) is 2.04. The Morgan fingerprint density at radius 2 is 2.09 bits per heavy atom. The summed E-state index contributed by atoms with van der Waals surface area (Å²) in [5, 5.41) is 17.5. The summed E-state index contributed by atoms with van der Waals surface area (Å²) in [6.45, 7) is 4.32. The van der Waals surface area contributed by atoms with Crippen molar-refractivity contribution >= 4 is 17.3 Å². The predicted molar refractivity (Wildman–Crippen MR) is 84.5 cm³/mol. The van der Waals surface area contributed by atoms with Crippen molar-refractivity contribution in [3.63, 3.8) is 0 Å². The van der Waals surface area contributed by atoms with Gasteiger partial charge in [0, 0.05) is 18.7 Å². The second-order valence-corrected chi connectivity index (χ2v) is 4.88. The molecule has 8 heteroatoms. The number of hydrogen-bond donors (Lipinski definition) is 1. The smallest absolute Gasteiger partial charge is 0.309 e. The fraction of sp³-hybridized carbons (Fsp3) is 0.333. The highest BCUT2D eigenvalue weighted by molar-refractivity contribution is 5.90. The van der Waals surface area contributed by atoms with Crippen LogP contribution in [0.4, 0.5) is 11.4 Å². The van der Waals surface area contributed by atoms with Gasteiger partial charge < -0.3 is 10.1 Å². The number of rotatable bonds is 7. The molecular formula is C15H18N4O4. The van der Waals surface area contributed by atoms with Crippen molar-refractivity contribution < 1.29 is 14.5 Å². The normalized spacial score (nSPS) is 10.3. The molecule has 0 aliphatic carbocycles. The van der Waals surface area contributed by atoms with Gasteiger partial charge in [0.15, 0.2) is 0 Å². The first-order chi connectivity index (χ1) is 11.0. The number of aromatic nitrogens is 2. The second-order valence-electron chi connectivity index (χ2n) is 4.88. The van der Waals surface area contributed by atoms with E-state index in [1.54, 1.807) is 31.2 Å². The molecule has 1 aromatic carbocycles. The van der Waals surface area contributed by atoms with Crippen LogP contribution in [0.5, 0.6) is 5.75 Å². The number of anilines is 1. The number of carbonyl (C=O) groups is 1. The summed E-state index contributed by atoms with van der Waals surface area (Å²) in [6.07, 6.45) is 1.50. The van der Waals surface area contributed by atoms with Crippen LogP contribution >= 0.6 is 0 Å². The number of nitrogens with zero attached hydrogens (tertiary/aromatic N) is 3. The van der Waals surface area contributed by atoms with E-state index in [-0.39, 0.29) is 24.6 Å². The lowest BCUT2D eigenvalue weighted by Gasteiger charge is -2.07. The maximum absolute atomic E-state index is 11.9. The minimum atomic E-state index is -0.487. The summed E-state index contributed by atoms with van der Waals surface area (Å²) in [5.74, 6) is 0.551. The van der Waals surface area contributed by atoms with Gasteiger partial charge in [0.05, 0.1) is 11.5 Å². The van der Waals surface area contributed by atoms with Crippen molar-refractivity contribution in [1.29, 1.82) is 0 Å². The third kappa shape index (κ3) is 4.53. The van der Waals surface area contributed by atoms with Crippen molar-refractivity contribution in [2.24, 2.45) is 0 Å². The lowest BCUT2D eigenvalue weighted by atomic mass is 10.3. The van der Waals surface area contributed by atoms with E-state index in [1.165, 1.54) is 10.9 Å². The molecule has 23 heavy (non-hydrogen) atoms. The lowest BCUT2D eigenvalue weighted by Crippen LogP contribution is -2.14. The molecule has 0 saturated carbocycles. The van der Waals surface area contributed by atoms with E-state index in [2.05, 4.69) is 10.4 Å². The van der Waals surface area contributed by atoms with E-state index in [1.807, 2.05) is 6.92 Å². The molecule has 0 unspecified atom stereocenters. The summed E-state index contributed by atoms with van der Waals surface area (Å²) in [4.78, 5) is 22.2. The molecule has 0 bridgehead atoms. The van der Waals surface area contributed by atoms with Gasteiger partial charge in [0.2, 0.25) is 5.91 Å². The number of benzene rings is 1.